The lowest BCUT2D eigenvalue weighted by Crippen LogP contribution is -2.45. The molecule has 0 saturated heterocycles. The molecule has 1 rings (SSSR count). The van der Waals surface area contributed by atoms with Crippen LogP contribution in [0.15, 0.2) is 6.33 Å². The fourth-order valence-electron chi connectivity index (χ4n) is 1.61. The molecule has 1 aromatic rings. The summed E-state index contributed by atoms with van der Waals surface area (Å²) in [6, 6.07) is 0. The Bertz CT molecular complexity index is 390. The smallest absolute Gasteiger partial charge is 0.137 e. The Morgan fingerprint density at radius 3 is 2.47 bits per heavy atom. The molecule has 0 atom stereocenters. The third-order valence-electron chi connectivity index (χ3n) is 3.08. The summed E-state index contributed by atoms with van der Waals surface area (Å²) in [5.74, 6) is 1.53. The molecule has 0 fully saturated rings. The number of anilines is 2. The van der Waals surface area contributed by atoms with E-state index in [-0.39, 0.29) is 18.1 Å². The van der Waals surface area contributed by atoms with E-state index in [4.69, 9.17) is 5.73 Å². The first-order chi connectivity index (χ1) is 7.81. The van der Waals surface area contributed by atoms with Crippen LogP contribution in [0.5, 0.6) is 0 Å². The molecule has 17 heavy (non-hydrogen) atoms. The Balaban J connectivity index is 3.27. The highest BCUT2D eigenvalue weighted by Crippen LogP contribution is 2.31. The van der Waals surface area contributed by atoms with Crippen LogP contribution in [0.2, 0.25) is 0 Å². The van der Waals surface area contributed by atoms with Gasteiger partial charge in [0.1, 0.15) is 18.0 Å². The van der Waals surface area contributed by atoms with Crippen LogP contribution in [-0.4, -0.2) is 34.3 Å². The highest BCUT2D eigenvalue weighted by molar-refractivity contribution is 5.59. The van der Waals surface area contributed by atoms with Gasteiger partial charge in [-0.2, -0.15) is 0 Å². The van der Waals surface area contributed by atoms with Crippen molar-refractivity contribution in [2.24, 2.45) is 0 Å². The highest BCUT2D eigenvalue weighted by atomic mass is 16.3. The molecule has 5 heteroatoms. The van der Waals surface area contributed by atoms with Gasteiger partial charge in [0.15, 0.2) is 0 Å². The van der Waals surface area contributed by atoms with E-state index in [2.05, 4.69) is 23.8 Å². The third-order valence-corrected chi connectivity index (χ3v) is 3.08. The van der Waals surface area contributed by atoms with Crippen molar-refractivity contribution in [2.45, 2.75) is 39.2 Å². The molecule has 0 bridgehead atoms. The molecule has 0 radical (unpaired) electrons. The van der Waals surface area contributed by atoms with Gasteiger partial charge in [-0.3, -0.25) is 0 Å². The molecule has 0 aliphatic heterocycles. The average molecular weight is 238 g/mol. The van der Waals surface area contributed by atoms with Crippen molar-refractivity contribution in [3.05, 3.63) is 11.9 Å². The second kappa shape index (κ2) is 4.87. The van der Waals surface area contributed by atoms with Crippen molar-refractivity contribution < 1.29 is 5.11 Å². The number of aliphatic hydroxyl groups excluding tert-OH is 1. The maximum absolute atomic E-state index is 9.41. The van der Waals surface area contributed by atoms with Gasteiger partial charge >= 0.3 is 0 Å². The number of nitrogens with two attached hydrogens (primary N) is 1. The van der Waals surface area contributed by atoms with Gasteiger partial charge in [-0.1, -0.05) is 13.8 Å². The first-order valence-electron chi connectivity index (χ1n) is 5.76. The minimum Gasteiger partial charge on any atom is -0.394 e. The summed E-state index contributed by atoms with van der Waals surface area (Å²) in [7, 11) is 1.91. The highest BCUT2D eigenvalue weighted by Gasteiger charge is 2.27. The maximum Gasteiger partial charge on any atom is 0.137 e. The SMILES string of the molecule is CC(C)c1c(N)ncnc1N(C)C(C)(C)CO. The normalized spacial score (nSPS) is 11.9. The summed E-state index contributed by atoms with van der Waals surface area (Å²) in [4.78, 5) is 10.3. The fraction of sp³-hybridized carbons (Fsp3) is 0.667. The van der Waals surface area contributed by atoms with Gasteiger partial charge in [0, 0.05) is 12.6 Å². The number of nitrogens with zero attached hydrogens (tertiary/aromatic N) is 3. The van der Waals surface area contributed by atoms with E-state index in [1.165, 1.54) is 6.33 Å². The van der Waals surface area contributed by atoms with E-state index in [9.17, 15) is 5.11 Å². The predicted molar refractivity (Wildman–Crippen MR) is 70.1 cm³/mol. The molecule has 0 saturated carbocycles. The molecule has 0 aliphatic carbocycles. The number of nitrogen functional groups attached to an aromatic ring is 1. The summed E-state index contributed by atoms with van der Waals surface area (Å²) in [6.45, 7) is 8.06. The van der Waals surface area contributed by atoms with Crippen LogP contribution in [0.1, 0.15) is 39.2 Å². The Hall–Kier alpha value is -1.36. The van der Waals surface area contributed by atoms with E-state index in [0.29, 0.717) is 5.82 Å². The Kier molecular flexibility index (Phi) is 3.93. The lowest BCUT2D eigenvalue weighted by molar-refractivity contribution is 0.215. The molecule has 3 N–H and O–H groups in total. The molecule has 0 unspecified atom stereocenters. The Morgan fingerprint density at radius 2 is 2.00 bits per heavy atom. The summed E-state index contributed by atoms with van der Waals surface area (Å²) >= 11 is 0. The van der Waals surface area contributed by atoms with Gasteiger partial charge in [-0.05, 0) is 19.8 Å². The Morgan fingerprint density at radius 1 is 1.41 bits per heavy atom. The maximum atomic E-state index is 9.41. The summed E-state index contributed by atoms with van der Waals surface area (Å²) < 4.78 is 0. The van der Waals surface area contributed by atoms with Crippen LogP contribution in [0, 0.1) is 0 Å². The second-order valence-corrected chi connectivity index (χ2v) is 5.18. The number of rotatable bonds is 4. The molecule has 5 nitrogen and oxygen atoms in total. The van der Waals surface area contributed by atoms with Gasteiger partial charge < -0.3 is 15.7 Å². The number of hydrogen-bond acceptors (Lipinski definition) is 5. The van der Waals surface area contributed by atoms with Gasteiger partial charge in [0.25, 0.3) is 0 Å². The zero-order valence-electron chi connectivity index (χ0n) is 11.2. The van der Waals surface area contributed by atoms with Crippen molar-refractivity contribution in [1.82, 2.24) is 9.97 Å². The van der Waals surface area contributed by atoms with E-state index in [1.807, 2.05) is 25.8 Å². The van der Waals surface area contributed by atoms with E-state index < -0.39 is 0 Å². The number of aromatic nitrogens is 2. The van der Waals surface area contributed by atoms with E-state index in [1.54, 1.807) is 0 Å². The monoisotopic (exact) mass is 238 g/mol. The molecule has 0 aliphatic rings. The lowest BCUT2D eigenvalue weighted by atomic mass is 10.0. The molecule has 0 aromatic carbocycles. The van der Waals surface area contributed by atoms with Gasteiger partial charge in [0.2, 0.25) is 0 Å². The average Bonchev–Trinajstić information content (AvgIpc) is 2.27. The quantitative estimate of drug-likeness (QED) is 0.829. The molecule has 1 heterocycles. The van der Waals surface area contributed by atoms with Gasteiger partial charge in [0.05, 0.1) is 12.1 Å². The Labute approximate surface area is 103 Å². The first-order valence-corrected chi connectivity index (χ1v) is 5.76. The second-order valence-electron chi connectivity index (χ2n) is 5.18. The molecule has 0 amide bonds. The summed E-state index contributed by atoms with van der Waals surface area (Å²) in [5, 5.41) is 9.41. The van der Waals surface area contributed by atoms with Crippen LogP contribution in [0.25, 0.3) is 0 Å². The minimum absolute atomic E-state index is 0.0466. The minimum atomic E-state index is -0.384. The largest absolute Gasteiger partial charge is 0.394 e. The predicted octanol–water partition coefficient (Wildman–Crippen LogP) is 1.39. The summed E-state index contributed by atoms with van der Waals surface area (Å²) in [6.07, 6.45) is 1.46. The molecular formula is C12H22N4O. The van der Waals surface area contributed by atoms with Crippen LogP contribution < -0.4 is 10.6 Å². The van der Waals surface area contributed by atoms with E-state index >= 15 is 0 Å². The van der Waals surface area contributed by atoms with Crippen molar-refractivity contribution in [3.63, 3.8) is 0 Å². The van der Waals surface area contributed by atoms with Crippen LogP contribution >= 0.6 is 0 Å². The lowest BCUT2D eigenvalue weighted by Gasteiger charge is -2.36. The molecule has 96 valence electrons. The number of aliphatic hydroxyl groups is 1. The number of hydrogen-bond donors (Lipinski definition) is 2. The summed E-state index contributed by atoms with van der Waals surface area (Å²) in [5.41, 5.74) is 6.45. The first kappa shape index (κ1) is 13.7. The molecule has 0 spiro atoms. The van der Waals surface area contributed by atoms with Gasteiger partial charge in [-0.25, -0.2) is 9.97 Å². The third kappa shape index (κ3) is 2.66. The van der Waals surface area contributed by atoms with Crippen molar-refractivity contribution in [1.29, 1.82) is 0 Å². The van der Waals surface area contributed by atoms with Crippen LogP contribution in [0.4, 0.5) is 11.6 Å². The topological polar surface area (TPSA) is 75.3 Å². The standard InChI is InChI=1S/C12H22N4O/c1-8(2)9-10(13)14-7-15-11(9)16(5)12(3,4)6-17/h7-8,17H,6H2,1-5H3,(H2,13,14,15). The van der Waals surface area contributed by atoms with Crippen LogP contribution in [0.3, 0.4) is 0 Å². The fourth-order valence-corrected chi connectivity index (χ4v) is 1.61. The van der Waals surface area contributed by atoms with Crippen molar-refractivity contribution in [2.75, 3.05) is 24.3 Å². The van der Waals surface area contributed by atoms with Crippen LogP contribution in [-0.2, 0) is 0 Å². The molecule has 1 aromatic heterocycles. The number of likely N-dealkylation sites (N-methyl/N-ethyl adjacent to an activating group) is 1. The van der Waals surface area contributed by atoms with Gasteiger partial charge in [-0.15, -0.1) is 0 Å². The van der Waals surface area contributed by atoms with Crippen molar-refractivity contribution in [3.8, 4) is 0 Å². The van der Waals surface area contributed by atoms with Crippen molar-refractivity contribution >= 4 is 11.6 Å². The zero-order valence-corrected chi connectivity index (χ0v) is 11.2. The van der Waals surface area contributed by atoms with E-state index in [0.717, 1.165) is 11.4 Å². The molecular weight excluding hydrogens is 216 g/mol. The zero-order chi connectivity index (χ0) is 13.2.